The van der Waals surface area contributed by atoms with Gasteiger partial charge in [0.1, 0.15) is 6.10 Å². The molecular formula is C18H22ClN2O9P. The first-order chi connectivity index (χ1) is 14.6. The summed E-state index contributed by atoms with van der Waals surface area (Å²) >= 11 is 6.11. The van der Waals surface area contributed by atoms with Crippen LogP contribution in [0.25, 0.3) is 10.9 Å². The van der Waals surface area contributed by atoms with E-state index in [-0.39, 0.29) is 23.4 Å². The predicted octanol–water partition coefficient (Wildman–Crippen LogP) is 0.416. The van der Waals surface area contributed by atoms with Gasteiger partial charge in [0, 0.05) is 5.92 Å². The highest BCUT2D eigenvalue weighted by Crippen LogP contribution is 2.44. The molecule has 13 heteroatoms. The molecule has 0 saturated heterocycles. The highest BCUT2D eigenvalue weighted by atomic mass is 35.5. The fourth-order valence-electron chi connectivity index (χ4n) is 3.65. The Hall–Kier alpha value is -1.85. The molecule has 0 bridgehead atoms. The topological polar surface area (TPSA) is 168 Å². The molecular weight excluding hydrogens is 455 g/mol. The molecule has 0 spiro atoms. The number of benzene rings is 1. The summed E-state index contributed by atoms with van der Waals surface area (Å²) in [4.78, 5) is 47.6. The van der Waals surface area contributed by atoms with Gasteiger partial charge >= 0.3 is 13.6 Å². The second-order valence-electron chi connectivity index (χ2n) is 7.16. The number of ether oxygens (including phenoxy) is 2. The number of rotatable bonds is 7. The van der Waals surface area contributed by atoms with Crippen LogP contribution in [0.15, 0.2) is 29.3 Å². The summed E-state index contributed by atoms with van der Waals surface area (Å²) in [6, 6.07) is 3.90. The van der Waals surface area contributed by atoms with Crippen molar-refractivity contribution in [3.63, 3.8) is 0 Å². The van der Waals surface area contributed by atoms with Crippen molar-refractivity contribution in [1.82, 2.24) is 9.55 Å². The summed E-state index contributed by atoms with van der Waals surface area (Å²) in [5, 5.41) is 21.3. The Bertz CT molecular complexity index is 1070. The van der Waals surface area contributed by atoms with Crippen LogP contribution in [0.5, 0.6) is 0 Å². The maximum atomic E-state index is 12.9. The maximum absolute atomic E-state index is 12.9. The Balaban J connectivity index is 1.82. The van der Waals surface area contributed by atoms with Gasteiger partial charge in [0.05, 0.1) is 47.6 Å². The lowest BCUT2D eigenvalue weighted by molar-refractivity contribution is -0.153. The van der Waals surface area contributed by atoms with Crippen molar-refractivity contribution in [2.75, 3.05) is 13.2 Å². The highest BCUT2D eigenvalue weighted by Gasteiger charge is 2.45. The fourth-order valence-corrected chi connectivity index (χ4v) is 4.53. The van der Waals surface area contributed by atoms with E-state index in [1.807, 2.05) is 0 Å². The third-order valence-corrected chi connectivity index (χ3v) is 6.44. The van der Waals surface area contributed by atoms with E-state index in [4.69, 9.17) is 16.3 Å². The molecule has 0 amide bonds. The van der Waals surface area contributed by atoms with Crippen molar-refractivity contribution in [3.8, 4) is 0 Å². The van der Waals surface area contributed by atoms with Crippen LogP contribution in [0, 0.1) is 5.92 Å². The lowest BCUT2D eigenvalue weighted by Crippen LogP contribution is -2.35. The van der Waals surface area contributed by atoms with E-state index >= 15 is 0 Å². The van der Waals surface area contributed by atoms with Crippen LogP contribution in [0.1, 0.15) is 19.4 Å². The Morgan fingerprint density at radius 3 is 2.71 bits per heavy atom. The second-order valence-corrected chi connectivity index (χ2v) is 9.22. The number of halogens is 1. The molecule has 1 saturated carbocycles. The summed E-state index contributed by atoms with van der Waals surface area (Å²) in [5.74, 6) is -4.21. The third kappa shape index (κ3) is 4.83. The van der Waals surface area contributed by atoms with Crippen LogP contribution in [-0.2, 0) is 18.8 Å². The summed E-state index contributed by atoms with van der Waals surface area (Å²) in [7, 11) is -4.99. The molecule has 31 heavy (non-hydrogen) atoms. The Labute approximate surface area is 181 Å². The number of carbonyl (C=O) groups excluding carboxylic acids is 1. The summed E-state index contributed by atoms with van der Waals surface area (Å²) < 4.78 is 22.4. The van der Waals surface area contributed by atoms with E-state index < -0.39 is 55.7 Å². The Kier molecular flexibility index (Phi) is 7.17. The first-order valence-corrected chi connectivity index (χ1v) is 11.5. The van der Waals surface area contributed by atoms with Crippen LogP contribution >= 0.6 is 19.2 Å². The van der Waals surface area contributed by atoms with Crippen molar-refractivity contribution in [3.05, 3.63) is 39.9 Å². The molecule has 1 aliphatic carbocycles. The number of hydrogen-bond acceptors (Lipinski definition) is 8. The first-order valence-electron chi connectivity index (χ1n) is 9.41. The zero-order chi connectivity index (χ0) is 22.9. The van der Waals surface area contributed by atoms with Crippen LogP contribution in [0.2, 0.25) is 5.02 Å². The quantitative estimate of drug-likeness (QED) is 0.324. The minimum absolute atomic E-state index is 0.0244. The van der Waals surface area contributed by atoms with Gasteiger partial charge in [-0.2, -0.15) is 0 Å². The monoisotopic (exact) mass is 476 g/mol. The molecule has 4 N–H and O–H groups in total. The molecule has 1 fully saturated rings. The second kappa shape index (κ2) is 9.33. The fraction of sp³-hybridized carbons (Fsp3) is 0.500. The lowest BCUT2D eigenvalue weighted by Gasteiger charge is -2.21. The molecule has 2 aromatic rings. The number of esters is 1. The van der Waals surface area contributed by atoms with Gasteiger partial charge < -0.3 is 29.5 Å². The number of hydrogen-bond donors (Lipinski definition) is 4. The molecule has 1 aromatic heterocycles. The third-order valence-electron chi connectivity index (χ3n) is 5.15. The van der Waals surface area contributed by atoms with Crippen LogP contribution in [0.4, 0.5) is 0 Å². The number of aliphatic hydroxyl groups is 2. The van der Waals surface area contributed by atoms with Gasteiger partial charge in [0.25, 0.3) is 11.4 Å². The van der Waals surface area contributed by atoms with Crippen molar-refractivity contribution >= 4 is 36.1 Å². The van der Waals surface area contributed by atoms with Crippen molar-refractivity contribution in [2.45, 2.75) is 37.4 Å². The Morgan fingerprint density at radius 2 is 2.06 bits per heavy atom. The van der Waals surface area contributed by atoms with Crippen LogP contribution in [-0.4, -0.2) is 66.8 Å². The molecule has 1 heterocycles. The number of aromatic nitrogens is 2. The van der Waals surface area contributed by atoms with E-state index in [9.17, 15) is 34.2 Å². The smallest absolute Gasteiger partial charge is 0.365 e. The number of nitrogens with zero attached hydrogens (tertiary/aromatic N) is 2. The Morgan fingerprint density at radius 1 is 1.35 bits per heavy atom. The molecule has 170 valence electrons. The van der Waals surface area contributed by atoms with Gasteiger partial charge in [-0.3, -0.25) is 13.9 Å². The van der Waals surface area contributed by atoms with Gasteiger partial charge in [0.15, 0.2) is 0 Å². The minimum atomic E-state index is -4.99. The van der Waals surface area contributed by atoms with Gasteiger partial charge in [-0.15, -0.1) is 0 Å². The molecule has 0 radical (unpaired) electrons. The normalized spacial score (nSPS) is 25.0. The molecule has 1 aliphatic rings. The SMILES string of the molecule is CCOC(=O)C(OCC1CC(n2cnc3cccc(Cl)c3c2=O)C(O)C1O)P(=O)(O)O. The van der Waals surface area contributed by atoms with E-state index in [0.29, 0.717) is 5.52 Å². The van der Waals surface area contributed by atoms with Crippen molar-refractivity contribution in [2.24, 2.45) is 5.92 Å². The minimum Gasteiger partial charge on any atom is -0.464 e. The predicted molar refractivity (Wildman–Crippen MR) is 109 cm³/mol. The van der Waals surface area contributed by atoms with Crippen LogP contribution < -0.4 is 5.56 Å². The van der Waals surface area contributed by atoms with E-state index in [2.05, 4.69) is 9.72 Å². The molecule has 5 unspecified atom stereocenters. The van der Waals surface area contributed by atoms with Crippen molar-refractivity contribution < 1.29 is 38.8 Å². The molecule has 11 nitrogen and oxygen atoms in total. The number of aliphatic hydroxyl groups excluding tert-OH is 2. The summed E-state index contributed by atoms with van der Waals surface area (Å²) in [6.45, 7) is 0.906. The molecule has 1 aromatic carbocycles. The van der Waals surface area contributed by atoms with Gasteiger partial charge in [0.2, 0.25) is 0 Å². The van der Waals surface area contributed by atoms with Gasteiger partial charge in [-0.05, 0) is 25.5 Å². The number of fused-ring (bicyclic) bond motifs is 1. The standard InChI is InChI=1S/C18H22ClN2O9P/c1-2-29-17(25)18(31(26,27)28)30-7-9-6-12(15(23)14(9)22)21-8-20-11-5-3-4-10(19)13(11)16(21)24/h3-5,8-9,12,14-15,18,22-23H,2,6-7H2,1H3,(H2,26,27,28). The largest absolute Gasteiger partial charge is 0.464 e. The molecule has 0 aliphatic heterocycles. The highest BCUT2D eigenvalue weighted by molar-refractivity contribution is 7.53. The van der Waals surface area contributed by atoms with E-state index in [0.717, 1.165) is 4.57 Å². The van der Waals surface area contributed by atoms with Gasteiger partial charge in [-0.25, -0.2) is 9.78 Å². The zero-order valence-electron chi connectivity index (χ0n) is 16.4. The molecule has 5 atom stereocenters. The lowest BCUT2D eigenvalue weighted by atomic mass is 10.1. The molecule has 3 rings (SSSR count). The van der Waals surface area contributed by atoms with Crippen LogP contribution in [0.3, 0.4) is 0 Å². The van der Waals surface area contributed by atoms with E-state index in [1.165, 1.54) is 19.3 Å². The van der Waals surface area contributed by atoms with Gasteiger partial charge in [-0.1, -0.05) is 17.7 Å². The first kappa shape index (κ1) is 23.8. The summed E-state index contributed by atoms with van der Waals surface area (Å²) in [5.41, 5.74) is -0.131. The van der Waals surface area contributed by atoms with E-state index in [1.54, 1.807) is 12.1 Å². The zero-order valence-corrected chi connectivity index (χ0v) is 18.0. The average Bonchev–Trinajstić information content (AvgIpc) is 2.96. The number of carbonyl (C=O) groups is 1. The van der Waals surface area contributed by atoms with Crippen molar-refractivity contribution in [1.29, 1.82) is 0 Å². The average molecular weight is 477 g/mol. The summed E-state index contributed by atoms with van der Waals surface area (Å²) in [6.07, 6.45) is -1.50. The maximum Gasteiger partial charge on any atom is 0.365 e.